The molecule has 19 heavy (non-hydrogen) atoms. The summed E-state index contributed by atoms with van der Waals surface area (Å²) in [4.78, 5) is 7.88. The van der Waals surface area contributed by atoms with Crippen LogP contribution in [0.5, 0.6) is 0 Å². The topological polar surface area (TPSA) is 33.6 Å². The maximum atomic E-state index is 5.53. The number of aromatic amines is 1. The highest BCUT2D eigenvalue weighted by atomic mass is 32.1. The molecule has 3 rings (SSSR count). The summed E-state index contributed by atoms with van der Waals surface area (Å²) in [6.45, 7) is 6.82. The number of nitrogens with one attached hydrogen (secondary N) is 1. The Labute approximate surface area is 119 Å². The van der Waals surface area contributed by atoms with Crippen LogP contribution < -0.4 is 0 Å². The summed E-state index contributed by atoms with van der Waals surface area (Å²) in [6.07, 6.45) is 5.58. The van der Waals surface area contributed by atoms with Crippen LogP contribution >= 0.6 is 12.2 Å². The Morgan fingerprint density at radius 2 is 2.11 bits per heavy atom. The van der Waals surface area contributed by atoms with Crippen molar-refractivity contribution < 1.29 is 0 Å². The minimum absolute atomic E-state index is 0.502. The number of imidazole rings is 1. The number of rotatable bonds is 1. The van der Waals surface area contributed by atoms with Gasteiger partial charge in [-0.3, -0.25) is 4.57 Å². The van der Waals surface area contributed by atoms with Crippen molar-refractivity contribution in [2.45, 2.75) is 46.1 Å². The van der Waals surface area contributed by atoms with Crippen molar-refractivity contribution in [1.82, 2.24) is 14.5 Å². The highest BCUT2D eigenvalue weighted by Crippen LogP contribution is 2.37. The number of pyridine rings is 1. The summed E-state index contributed by atoms with van der Waals surface area (Å²) in [5.41, 5.74) is 3.34. The molecule has 3 nitrogen and oxygen atoms in total. The molecule has 0 radical (unpaired) electrons. The number of H-pyrrole nitrogens is 1. The fourth-order valence-electron chi connectivity index (χ4n) is 3.24. The van der Waals surface area contributed by atoms with Crippen LogP contribution in [0.1, 0.15) is 44.7 Å². The van der Waals surface area contributed by atoms with E-state index >= 15 is 0 Å². The van der Waals surface area contributed by atoms with E-state index in [-0.39, 0.29) is 0 Å². The normalized spacial score (nSPS) is 27.8. The summed E-state index contributed by atoms with van der Waals surface area (Å²) in [5.74, 6) is 1.58. The zero-order valence-electron chi connectivity index (χ0n) is 11.8. The van der Waals surface area contributed by atoms with Gasteiger partial charge in [0.2, 0.25) is 0 Å². The maximum Gasteiger partial charge on any atom is 0.179 e. The first-order valence-corrected chi connectivity index (χ1v) is 7.54. The summed E-state index contributed by atoms with van der Waals surface area (Å²) >= 11 is 5.53. The van der Waals surface area contributed by atoms with Gasteiger partial charge in [0.1, 0.15) is 0 Å². The second kappa shape index (κ2) is 4.75. The Kier molecular flexibility index (Phi) is 3.21. The zero-order chi connectivity index (χ0) is 13.6. The van der Waals surface area contributed by atoms with Crippen LogP contribution in [0, 0.1) is 23.5 Å². The first-order valence-electron chi connectivity index (χ1n) is 7.13. The number of aromatic nitrogens is 3. The number of fused-ring (bicyclic) bond motifs is 1. The molecule has 3 atom stereocenters. The molecule has 1 N–H and O–H groups in total. The smallest absolute Gasteiger partial charge is 0.179 e. The van der Waals surface area contributed by atoms with Gasteiger partial charge in [-0.25, -0.2) is 4.98 Å². The van der Waals surface area contributed by atoms with Gasteiger partial charge in [0, 0.05) is 12.2 Å². The lowest BCUT2D eigenvalue weighted by atomic mass is 9.79. The van der Waals surface area contributed by atoms with Crippen molar-refractivity contribution in [3.63, 3.8) is 0 Å². The molecule has 0 bridgehead atoms. The molecule has 1 aliphatic rings. The standard InChI is InChI=1S/C15H21N3S/c1-9-4-5-12(8-11(9)3)18-14-13(17-15(18)19)10(2)6-7-16-14/h6-7,9,11-12H,4-5,8H2,1-3H3,(H,17,19). The monoisotopic (exact) mass is 275 g/mol. The van der Waals surface area contributed by atoms with Crippen molar-refractivity contribution >= 4 is 23.4 Å². The summed E-state index contributed by atoms with van der Waals surface area (Å²) in [6, 6.07) is 2.53. The molecule has 1 fully saturated rings. The molecule has 2 aromatic heterocycles. The van der Waals surface area contributed by atoms with Crippen LogP contribution in [0.3, 0.4) is 0 Å². The van der Waals surface area contributed by atoms with Crippen LogP contribution in [-0.4, -0.2) is 14.5 Å². The minimum atomic E-state index is 0.502. The van der Waals surface area contributed by atoms with Gasteiger partial charge in [-0.05, 0) is 61.9 Å². The number of hydrogen-bond acceptors (Lipinski definition) is 2. The zero-order valence-corrected chi connectivity index (χ0v) is 12.6. The molecule has 0 aromatic carbocycles. The fourth-order valence-corrected chi connectivity index (χ4v) is 3.57. The molecule has 0 saturated heterocycles. The Morgan fingerprint density at radius 3 is 2.84 bits per heavy atom. The molecular weight excluding hydrogens is 254 g/mol. The molecule has 2 heterocycles. The van der Waals surface area contributed by atoms with Crippen molar-refractivity contribution in [2.75, 3.05) is 0 Å². The lowest BCUT2D eigenvalue weighted by molar-refractivity contribution is 0.212. The number of nitrogens with zero attached hydrogens (tertiary/aromatic N) is 2. The summed E-state index contributed by atoms with van der Waals surface area (Å²) < 4.78 is 3.07. The van der Waals surface area contributed by atoms with E-state index in [0.717, 1.165) is 27.8 Å². The first-order chi connectivity index (χ1) is 9.08. The fraction of sp³-hybridized carbons (Fsp3) is 0.600. The van der Waals surface area contributed by atoms with Gasteiger partial charge in [0.25, 0.3) is 0 Å². The molecule has 2 aromatic rings. The second-order valence-electron chi connectivity index (χ2n) is 6.05. The maximum absolute atomic E-state index is 5.53. The molecule has 4 heteroatoms. The second-order valence-corrected chi connectivity index (χ2v) is 6.43. The predicted octanol–water partition coefficient (Wildman–Crippen LogP) is 4.40. The highest BCUT2D eigenvalue weighted by Gasteiger charge is 2.27. The van der Waals surface area contributed by atoms with Crippen molar-refractivity contribution in [3.05, 3.63) is 22.6 Å². The molecule has 102 valence electrons. The van der Waals surface area contributed by atoms with Gasteiger partial charge in [-0.1, -0.05) is 13.8 Å². The summed E-state index contributed by atoms with van der Waals surface area (Å²) in [5, 5.41) is 0. The van der Waals surface area contributed by atoms with E-state index in [9.17, 15) is 0 Å². The highest BCUT2D eigenvalue weighted by molar-refractivity contribution is 7.71. The van der Waals surface area contributed by atoms with E-state index in [1.54, 1.807) is 0 Å². The molecule has 0 amide bonds. The van der Waals surface area contributed by atoms with Crippen molar-refractivity contribution in [2.24, 2.45) is 11.8 Å². The Balaban J connectivity index is 2.08. The predicted molar refractivity (Wildman–Crippen MR) is 80.9 cm³/mol. The van der Waals surface area contributed by atoms with Crippen LogP contribution in [0.25, 0.3) is 11.2 Å². The molecule has 0 spiro atoms. The molecular formula is C15H21N3S. The third-order valence-electron chi connectivity index (χ3n) is 4.75. The van der Waals surface area contributed by atoms with E-state index in [4.69, 9.17) is 12.2 Å². The van der Waals surface area contributed by atoms with Gasteiger partial charge in [0.15, 0.2) is 10.4 Å². The van der Waals surface area contributed by atoms with Gasteiger partial charge in [-0.15, -0.1) is 0 Å². The van der Waals surface area contributed by atoms with E-state index in [0.29, 0.717) is 6.04 Å². The van der Waals surface area contributed by atoms with Crippen molar-refractivity contribution in [3.8, 4) is 0 Å². The Bertz CT molecular complexity index is 655. The lowest BCUT2D eigenvalue weighted by Gasteiger charge is -2.32. The third kappa shape index (κ3) is 2.12. The Morgan fingerprint density at radius 1 is 1.32 bits per heavy atom. The summed E-state index contributed by atoms with van der Waals surface area (Å²) in [7, 11) is 0. The lowest BCUT2D eigenvalue weighted by Crippen LogP contribution is -2.23. The van der Waals surface area contributed by atoms with E-state index < -0.39 is 0 Å². The van der Waals surface area contributed by atoms with Crippen LogP contribution in [0.15, 0.2) is 12.3 Å². The van der Waals surface area contributed by atoms with Gasteiger partial charge < -0.3 is 4.98 Å². The van der Waals surface area contributed by atoms with Crippen molar-refractivity contribution in [1.29, 1.82) is 0 Å². The van der Waals surface area contributed by atoms with Crippen LogP contribution in [0.4, 0.5) is 0 Å². The minimum Gasteiger partial charge on any atom is -0.329 e. The average Bonchev–Trinajstić information content (AvgIpc) is 2.71. The number of aryl methyl sites for hydroxylation is 1. The largest absolute Gasteiger partial charge is 0.329 e. The molecule has 1 saturated carbocycles. The number of hydrogen-bond donors (Lipinski definition) is 1. The molecule has 0 aliphatic heterocycles. The Hall–Kier alpha value is -1.16. The molecule has 3 unspecified atom stereocenters. The quantitative estimate of drug-likeness (QED) is 0.783. The van der Waals surface area contributed by atoms with Gasteiger partial charge in [0.05, 0.1) is 5.52 Å². The SMILES string of the molecule is Cc1ccnc2c1[nH]c(=S)n2C1CCC(C)C(C)C1. The first kappa shape index (κ1) is 12.9. The molecule has 1 aliphatic carbocycles. The van der Waals surface area contributed by atoms with Crippen LogP contribution in [-0.2, 0) is 0 Å². The third-order valence-corrected chi connectivity index (χ3v) is 5.05. The van der Waals surface area contributed by atoms with E-state index in [1.807, 2.05) is 12.3 Å². The van der Waals surface area contributed by atoms with Gasteiger partial charge >= 0.3 is 0 Å². The van der Waals surface area contributed by atoms with Gasteiger partial charge in [-0.2, -0.15) is 0 Å². The average molecular weight is 275 g/mol. The van der Waals surface area contributed by atoms with E-state index in [2.05, 4.69) is 35.3 Å². The van der Waals surface area contributed by atoms with E-state index in [1.165, 1.54) is 24.8 Å². The van der Waals surface area contributed by atoms with Crippen LogP contribution in [0.2, 0.25) is 0 Å².